The van der Waals surface area contributed by atoms with E-state index in [4.69, 9.17) is 0 Å². The van der Waals surface area contributed by atoms with Crippen LogP contribution >= 0.6 is 0 Å². The van der Waals surface area contributed by atoms with Gasteiger partial charge < -0.3 is 10.2 Å². The first-order chi connectivity index (χ1) is 12.5. The summed E-state index contributed by atoms with van der Waals surface area (Å²) in [6.07, 6.45) is 8.47. The quantitative estimate of drug-likeness (QED) is 0.849. The van der Waals surface area contributed by atoms with Crippen LogP contribution in [0.4, 0.5) is 0 Å². The average Bonchev–Trinajstić information content (AvgIpc) is 3.05. The van der Waals surface area contributed by atoms with Crippen LogP contribution < -0.4 is 5.32 Å². The summed E-state index contributed by atoms with van der Waals surface area (Å²) in [6, 6.07) is 1.73. The van der Waals surface area contributed by atoms with Gasteiger partial charge in [0.15, 0.2) is 0 Å². The number of aromatic nitrogens is 2. The molecule has 2 N–H and O–H groups in total. The minimum absolute atomic E-state index is 0.0220. The second kappa shape index (κ2) is 6.39. The van der Waals surface area contributed by atoms with Gasteiger partial charge in [0.1, 0.15) is 5.69 Å². The van der Waals surface area contributed by atoms with Crippen LogP contribution in [0, 0.1) is 22.7 Å². The van der Waals surface area contributed by atoms with E-state index in [9.17, 15) is 9.59 Å². The number of hydrogen-bond acceptors (Lipinski definition) is 3. The molecule has 1 aliphatic heterocycles. The topological polar surface area (TPSA) is 78.1 Å². The Hall–Kier alpha value is -1.85. The van der Waals surface area contributed by atoms with Crippen LogP contribution in [0.15, 0.2) is 12.3 Å². The molecule has 1 saturated heterocycles. The highest BCUT2D eigenvalue weighted by Gasteiger charge is 2.53. The van der Waals surface area contributed by atoms with Gasteiger partial charge in [0, 0.05) is 31.7 Å². The molecular weight excluding hydrogens is 328 g/mol. The first-order valence-corrected chi connectivity index (χ1v) is 10.0. The third-order valence-electron chi connectivity index (χ3n) is 7.55. The van der Waals surface area contributed by atoms with Crippen LogP contribution in [0.25, 0.3) is 0 Å². The highest BCUT2D eigenvalue weighted by Crippen LogP contribution is 2.55. The molecule has 0 bridgehead atoms. The number of likely N-dealkylation sites (tertiary alicyclic amines) is 1. The van der Waals surface area contributed by atoms with Crippen molar-refractivity contribution in [1.29, 1.82) is 0 Å². The Kier molecular flexibility index (Phi) is 4.32. The molecule has 3 aliphatic rings. The van der Waals surface area contributed by atoms with E-state index < -0.39 is 0 Å². The molecule has 3 atom stereocenters. The minimum Gasteiger partial charge on any atom is -0.355 e. The maximum absolute atomic E-state index is 12.7. The van der Waals surface area contributed by atoms with Crippen LogP contribution in [0.5, 0.6) is 0 Å². The zero-order valence-electron chi connectivity index (χ0n) is 15.9. The summed E-state index contributed by atoms with van der Waals surface area (Å²) in [4.78, 5) is 27.1. The molecule has 26 heavy (non-hydrogen) atoms. The molecule has 6 nitrogen and oxygen atoms in total. The first kappa shape index (κ1) is 17.6. The SMILES string of the molecule is CCC1(C)CC1C(=O)NCC1CN(C(=O)c2ccn[nH]2)CCC12CCC2. The van der Waals surface area contributed by atoms with Crippen molar-refractivity contribution in [3.63, 3.8) is 0 Å². The van der Waals surface area contributed by atoms with E-state index in [1.165, 1.54) is 19.3 Å². The van der Waals surface area contributed by atoms with Gasteiger partial charge in [-0.25, -0.2) is 0 Å². The third kappa shape index (κ3) is 2.93. The lowest BCUT2D eigenvalue weighted by Gasteiger charge is -2.53. The monoisotopic (exact) mass is 358 g/mol. The fourth-order valence-corrected chi connectivity index (χ4v) is 4.97. The minimum atomic E-state index is 0.0220. The van der Waals surface area contributed by atoms with Gasteiger partial charge in [0.25, 0.3) is 5.91 Å². The number of hydrogen-bond donors (Lipinski definition) is 2. The molecular formula is C20H30N4O2. The predicted molar refractivity (Wildman–Crippen MR) is 98.4 cm³/mol. The van der Waals surface area contributed by atoms with Gasteiger partial charge in [-0.15, -0.1) is 0 Å². The van der Waals surface area contributed by atoms with E-state index in [0.717, 1.165) is 32.4 Å². The van der Waals surface area contributed by atoms with Gasteiger partial charge in [0.2, 0.25) is 5.91 Å². The van der Waals surface area contributed by atoms with Crippen LogP contribution in [0.2, 0.25) is 0 Å². The van der Waals surface area contributed by atoms with Gasteiger partial charge in [-0.05, 0) is 54.9 Å². The summed E-state index contributed by atoms with van der Waals surface area (Å²) in [6.45, 7) is 6.60. The molecule has 2 heterocycles. The van der Waals surface area contributed by atoms with Crippen molar-refractivity contribution in [3.05, 3.63) is 18.0 Å². The molecule has 2 aliphatic carbocycles. The molecule has 1 aromatic heterocycles. The lowest BCUT2D eigenvalue weighted by Crippen LogP contribution is -2.55. The van der Waals surface area contributed by atoms with Crippen molar-refractivity contribution in [1.82, 2.24) is 20.4 Å². The Labute approximate surface area is 155 Å². The predicted octanol–water partition coefficient (Wildman–Crippen LogP) is 2.59. The highest BCUT2D eigenvalue weighted by atomic mass is 16.2. The Bertz CT molecular complexity index is 682. The van der Waals surface area contributed by atoms with E-state index in [2.05, 4.69) is 29.4 Å². The zero-order chi connectivity index (χ0) is 18.4. The summed E-state index contributed by atoms with van der Waals surface area (Å²) in [5.74, 6) is 0.762. The number of carbonyl (C=O) groups excluding carboxylic acids is 2. The normalized spacial score (nSPS) is 32.2. The maximum Gasteiger partial charge on any atom is 0.271 e. The average molecular weight is 358 g/mol. The van der Waals surface area contributed by atoms with Crippen molar-refractivity contribution < 1.29 is 9.59 Å². The van der Waals surface area contributed by atoms with Crippen molar-refractivity contribution in [2.75, 3.05) is 19.6 Å². The number of amides is 2. The van der Waals surface area contributed by atoms with Crippen molar-refractivity contribution in [2.24, 2.45) is 22.7 Å². The first-order valence-electron chi connectivity index (χ1n) is 10.0. The van der Waals surface area contributed by atoms with Crippen LogP contribution in [-0.4, -0.2) is 46.5 Å². The fraction of sp³-hybridized carbons (Fsp3) is 0.750. The molecule has 3 fully saturated rings. The molecule has 142 valence electrons. The van der Waals surface area contributed by atoms with Gasteiger partial charge >= 0.3 is 0 Å². The Balaban J connectivity index is 1.39. The van der Waals surface area contributed by atoms with Crippen molar-refractivity contribution >= 4 is 11.8 Å². The molecule has 1 spiro atoms. The van der Waals surface area contributed by atoms with E-state index in [0.29, 0.717) is 23.6 Å². The van der Waals surface area contributed by atoms with E-state index in [1.54, 1.807) is 12.3 Å². The summed E-state index contributed by atoms with van der Waals surface area (Å²) in [7, 11) is 0. The number of aromatic amines is 1. The number of carbonyl (C=O) groups is 2. The van der Waals surface area contributed by atoms with E-state index in [-0.39, 0.29) is 23.1 Å². The largest absolute Gasteiger partial charge is 0.355 e. The molecule has 2 amide bonds. The molecule has 0 aromatic carbocycles. The molecule has 0 radical (unpaired) electrons. The molecule has 2 saturated carbocycles. The molecule has 6 heteroatoms. The number of H-pyrrole nitrogens is 1. The summed E-state index contributed by atoms with van der Waals surface area (Å²) >= 11 is 0. The maximum atomic E-state index is 12.7. The van der Waals surface area contributed by atoms with Crippen LogP contribution in [0.3, 0.4) is 0 Å². The Morgan fingerprint density at radius 3 is 2.77 bits per heavy atom. The van der Waals surface area contributed by atoms with Crippen molar-refractivity contribution in [2.45, 2.75) is 52.4 Å². The summed E-state index contributed by atoms with van der Waals surface area (Å²) in [5, 5.41) is 9.89. The van der Waals surface area contributed by atoms with E-state index in [1.807, 2.05) is 4.90 Å². The standard InChI is InChI=1S/C20H30N4O2/c1-3-19(2)11-15(19)17(25)21-12-14-13-24(10-8-20(14)6-4-7-20)18(26)16-5-9-22-23-16/h5,9,14-15H,3-4,6-8,10-13H2,1-2H3,(H,21,25)(H,22,23). The molecule has 3 unspecified atom stereocenters. The smallest absolute Gasteiger partial charge is 0.271 e. The number of nitrogens with one attached hydrogen (secondary N) is 2. The molecule has 4 rings (SSSR count). The Morgan fingerprint density at radius 2 is 2.19 bits per heavy atom. The van der Waals surface area contributed by atoms with Crippen LogP contribution in [-0.2, 0) is 4.79 Å². The summed E-state index contributed by atoms with van der Waals surface area (Å²) < 4.78 is 0. The fourth-order valence-electron chi connectivity index (χ4n) is 4.97. The van der Waals surface area contributed by atoms with Gasteiger partial charge in [0.05, 0.1) is 0 Å². The number of rotatable bonds is 5. The molecule has 1 aromatic rings. The van der Waals surface area contributed by atoms with Crippen molar-refractivity contribution in [3.8, 4) is 0 Å². The van der Waals surface area contributed by atoms with Gasteiger partial charge in [-0.1, -0.05) is 20.3 Å². The number of piperidine rings is 1. The zero-order valence-corrected chi connectivity index (χ0v) is 15.9. The lowest BCUT2D eigenvalue weighted by atomic mass is 9.57. The van der Waals surface area contributed by atoms with Gasteiger partial charge in [-0.2, -0.15) is 5.10 Å². The van der Waals surface area contributed by atoms with Crippen LogP contribution in [0.1, 0.15) is 62.9 Å². The highest BCUT2D eigenvalue weighted by molar-refractivity contribution is 5.92. The van der Waals surface area contributed by atoms with Gasteiger partial charge in [-0.3, -0.25) is 14.7 Å². The third-order valence-corrected chi connectivity index (χ3v) is 7.55. The number of nitrogens with zero attached hydrogens (tertiary/aromatic N) is 2. The van der Waals surface area contributed by atoms with E-state index >= 15 is 0 Å². The summed E-state index contributed by atoms with van der Waals surface area (Å²) in [5.41, 5.74) is 1.08. The Morgan fingerprint density at radius 1 is 1.38 bits per heavy atom. The second-order valence-corrected chi connectivity index (χ2v) is 8.89. The lowest BCUT2D eigenvalue weighted by molar-refractivity contribution is -0.124. The second-order valence-electron chi connectivity index (χ2n) is 8.89.